The number of rotatable bonds is 4. The minimum Gasteiger partial charge on any atom is -0.376 e. The van der Waals surface area contributed by atoms with Crippen LogP contribution in [0.15, 0.2) is 35.8 Å². The minimum absolute atomic E-state index is 0.0810. The van der Waals surface area contributed by atoms with Crippen molar-refractivity contribution in [3.8, 4) is 0 Å². The summed E-state index contributed by atoms with van der Waals surface area (Å²) in [6, 6.07) is 8.50. The molecule has 1 N–H and O–H groups in total. The molecule has 0 aromatic carbocycles. The monoisotopic (exact) mass is 359 g/mol. The van der Waals surface area contributed by atoms with Crippen molar-refractivity contribution in [1.29, 1.82) is 0 Å². The number of pyridine rings is 1. The van der Waals surface area contributed by atoms with E-state index in [0.717, 1.165) is 36.8 Å². The van der Waals surface area contributed by atoms with Gasteiger partial charge < -0.3 is 15.0 Å². The molecule has 0 spiro atoms. The summed E-state index contributed by atoms with van der Waals surface area (Å²) in [5.74, 6) is 0. The van der Waals surface area contributed by atoms with Crippen LogP contribution in [0.3, 0.4) is 0 Å². The van der Waals surface area contributed by atoms with E-state index in [1.54, 1.807) is 11.3 Å². The van der Waals surface area contributed by atoms with Crippen molar-refractivity contribution in [3.63, 3.8) is 0 Å². The number of thiocarbonyl (C=S) groups is 1. The molecule has 2 aliphatic heterocycles. The zero-order valence-electron chi connectivity index (χ0n) is 13.6. The van der Waals surface area contributed by atoms with E-state index in [2.05, 4.69) is 39.6 Å². The third-order valence-corrected chi connectivity index (χ3v) is 6.23. The number of nitrogens with one attached hydrogen (secondary N) is 1. The number of hydrogen-bond donors (Lipinski definition) is 1. The average Bonchev–Trinajstić information content (AvgIpc) is 3.31. The van der Waals surface area contributed by atoms with Gasteiger partial charge in [0.25, 0.3) is 0 Å². The lowest BCUT2D eigenvalue weighted by Crippen LogP contribution is -2.36. The Morgan fingerprint density at radius 2 is 2.33 bits per heavy atom. The smallest absolute Gasteiger partial charge is 0.170 e. The van der Waals surface area contributed by atoms with Crippen molar-refractivity contribution in [2.24, 2.45) is 0 Å². The third-order valence-electron chi connectivity index (χ3n) is 4.79. The van der Waals surface area contributed by atoms with Crippen LogP contribution in [0.1, 0.15) is 41.1 Å². The predicted molar refractivity (Wildman–Crippen MR) is 100 cm³/mol. The highest BCUT2D eigenvalue weighted by atomic mass is 32.1. The first-order valence-corrected chi connectivity index (χ1v) is 9.66. The van der Waals surface area contributed by atoms with Gasteiger partial charge in [-0.2, -0.15) is 0 Å². The van der Waals surface area contributed by atoms with Crippen LogP contribution in [-0.4, -0.2) is 34.3 Å². The van der Waals surface area contributed by atoms with Gasteiger partial charge in [-0.25, -0.2) is 0 Å². The van der Waals surface area contributed by atoms with Crippen LogP contribution >= 0.6 is 23.6 Å². The van der Waals surface area contributed by atoms with Crippen LogP contribution in [0, 0.1) is 6.92 Å². The lowest BCUT2D eigenvalue weighted by atomic mass is 10.0. The van der Waals surface area contributed by atoms with E-state index in [-0.39, 0.29) is 18.2 Å². The van der Waals surface area contributed by atoms with E-state index in [4.69, 9.17) is 17.0 Å². The number of thiophene rings is 1. The van der Waals surface area contributed by atoms with E-state index in [1.165, 1.54) is 10.4 Å². The Morgan fingerprint density at radius 3 is 3.00 bits per heavy atom. The van der Waals surface area contributed by atoms with Crippen molar-refractivity contribution in [2.75, 3.05) is 13.2 Å². The van der Waals surface area contributed by atoms with Crippen molar-refractivity contribution >= 4 is 28.7 Å². The molecule has 24 heavy (non-hydrogen) atoms. The van der Waals surface area contributed by atoms with Gasteiger partial charge in [-0.15, -0.1) is 11.3 Å². The second-order valence-electron chi connectivity index (χ2n) is 6.38. The summed E-state index contributed by atoms with van der Waals surface area (Å²) in [6.45, 7) is 3.88. The molecular formula is C18H21N3OS2. The van der Waals surface area contributed by atoms with Crippen LogP contribution in [-0.2, 0) is 4.74 Å². The molecule has 0 amide bonds. The molecule has 4 heterocycles. The molecule has 4 nitrogen and oxygen atoms in total. The first kappa shape index (κ1) is 16.0. The van der Waals surface area contributed by atoms with Gasteiger partial charge in [0.1, 0.15) is 0 Å². The number of aromatic nitrogens is 1. The molecule has 0 unspecified atom stereocenters. The fourth-order valence-corrected chi connectivity index (χ4v) is 4.97. The first-order chi connectivity index (χ1) is 11.7. The van der Waals surface area contributed by atoms with Crippen molar-refractivity contribution < 1.29 is 4.74 Å². The topological polar surface area (TPSA) is 37.4 Å². The van der Waals surface area contributed by atoms with Gasteiger partial charge in [-0.05, 0) is 61.1 Å². The highest BCUT2D eigenvalue weighted by Gasteiger charge is 2.42. The van der Waals surface area contributed by atoms with Crippen molar-refractivity contribution in [2.45, 2.75) is 38.0 Å². The van der Waals surface area contributed by atoms with Crippen molar-refractivity contribution in [3.05, 3.63) is 52.0 Å². The summed E-state index contributed by atoms with van der Waals surface area (Å²) >= 11 is 7.48. The average molecular weight is 360 g/mol. The van der Waals surface area contributed by atoms with Crippen LogP contribution < -0.4 is 5.32 Å². The highest BCUT2D eigenvalue weighted by molar-refractivity contribution is 7.80. The van der Waals surface area contributed by atoms with Crippen LogP contribution in [0.4, 0.5) is 0 Å². The zero-order valence-corrected chi connectivity index (χ0v) is 15.3. The van der Waals surface area contributed by atoms with E-state index in [0.29, 0.717) is 0 Å². The Morgan fingerprint density at radius 1 is 1.42 bits per heavy atom. The van der Waals surface area contributed by atoms with Crippen molar-refractivity contribution in [1.82, 2.24) is 15.2 Å². The summed E-state index contributed by atoms with van der Waals surface area (Å²) in [7, 11) is 0. The Hall–Kier alpha value is -1.50. The summed E-state index contributed by atoms with van der Waals surface area (Å²) in [6.07, 6.45) is 4.38. The fraction of sp³-hybridized carbons (Fsp3) is 0.444. The molecule has 3 atom stereocenters. The number of hydrogen-bond acceptors (Lipinski definition) is 4. The molecule has 2 aliphatic rings. The van der Waals surface area contributed by atoms with Gasteiger partial charge in [-0.1, -0.05) is 6.07 Å². The highest BCUT2D eigenvalue weighted by Crippen LogP contribution is 2.42. The predicted octanol–water partition coefficient (Wildman–Crippen LogP) is 3.60. The molecule has 2 saturated heterocycles. The Labute approximate surface area is 151 Å². The Kier molecular flexibility index (Phi) is 4.52. The van der Waals surface area contributed by atoms with E-state index >= 15 is 0 Å². The van der Waals surface area contributed by atoms with E-state index in [1.807, 2.05) is 18.3 Å². The molecule has 0 radical (unpaired) electrons. The lowest BCUT2D eigenvalue weighted by molar-refractivity contribution is 0.0845. The van der Waals surface area contributed by atoms with E-state index < -0.39 is 0 Å². The van der Waals surface area contributed by atoms with Gasteiger partial charge in [0.15, 0.2) is 5.11 Å². The maximum atomic E-state index is 5.86. The fourth-order valence-electron chi connectivity index (χ4n) is 3.58. The molecule has 0 aliphatic carbocycles. The molecule has 2 fully saturated rings. The van der Waals surface area contributed by atoms with Gasteiger partial charge in [0, 0.05) is 24.2 Å². The molecule has 2 aromatic heterocycles. The van der Waals surface area contributed by atoms with Gasteiger partial charge in [-0.3, -0.25) is 4.98 Å². The normalized spacial score (nSPS) is 26.8. The van der Waals surface area contributed by atoms with Crippen LogP contribution in [0.2, 0.25) is 0 Å². The Bertz CT molecular complexity index is 712. The first-order valence-electron chi connectivity index (χ1n) is 8.37. The lowest BCUT2D eigenvalue weighted by Gasteiger charge is -2.29. The van der Waals surface area contributed by atoms with E-state index in [9.17, 15) is 0 Å². The second kappa shape index (κ2) is 6.78. The quantitative estimate of drug-likeness (QED) is 0.844. The molecule has 0 bridgehead atoms. The maximum Gasteiger partial charge on any atom is 0.170 e. The van der Waals surface area contributed by atoms with Gasteiger partial charge in [0.05, 0.1) is 23.9 Å². The zero-order chi connectivity index (χ0) is 16.5. The summed E-state index contributed by atoms with van der Waals surface area (Å²) < 4.78 is 5.86. The Balaban J connectivity index is 1.69. The molecule has 2 aromatic rings. The minimum atomic E-state index is 0.0810. The third kappa shape index (κ3) is 2.94. The number of aryl methyl sites for hydroxylation is 1. The summed E-state index contributed by atoms with van der Waals surface area (Å²) in [5.41, 5.74) is 2.35. The molecule has 6 heteroatoms. The van der Waals surface area contributed by atoms with Crippen LogP contribution in [0.25, 0.3) is 0 Å². The molecule has 126 valence electrons. The largest absolute Gasteiger partial charge is 0.376 e. The molecular weight excluding hydrogens is 338 g/mol. The molecule has 4 rings (SSSR count). The standard InChI is InChI=1S/C18H21N3OS2/c1-12-7-10-24-17(12)16-15(14-6-2-3-8-19-14)20-18(23)21(16)11-13-5-4-9-22-13/h2-3,6-8,10,13,15-16H,4-5,9,11H2,1H3,(H,20,23)/t13-,15+,16+/m1/s1. The number of ether oxygens (including phenoxy) is 1. The van der Waals surface area contributed by atoms with Crippen LogP contribution in [0.5, 0.6) is 0 Å². The SMILES string of the molecule is Cc1ccsc1[C@@H]1[C@H](c2ccccn2)NC(=S)N1C[C@H]1CCCO1. The van der Waals surface area contributed by atoms with Gasteiger partial charge in [0.2, 0.25) is 0 Å². The number of nitrogens with zero attached hydrogens (tertiary/aromatic N) is 2. The van der Waals surface area contributed by atoms with Gasteiger partial charge >= 0.3 is 0 Å². The maximum absolute atomic E-state index is 5.86. The summed E-state index contributed by atoms with van der Waals surface area (Å²) in [5, 5.41) is 6.47. The molecule has 0 saturated carbocycles. The second-order valence-corrected chi connectivity index (χ2v) is 7.72. The summed E-state index contributed by atoms with van der Waals surface area (Å²) in [4.78, 5) is 8.24.